The summed E-state index contributed by atoms with van der Waals surface area (Å²) in [7, 11) is -0.840. The predicted molar refractivity (Wildman–Crippen MR) is 101 cm³/mol. The van der Waals surface area contributed by atoms with E-state index < -0.39 is 16.0 Å². The molecule has 9 heteroatoms. The molecular formula is C18H18N2O5S2. The molecule has 0 fully saturated rings. The molecule has 0 aliphatic carbocycles. The van der Waals surface area contributed by atoms with Gasteiger partial charge < -0.3 is 9.15 Å². The van der Waals surface area contributed by atoms with Gasteiger partial charge in [-0.3, -0.25) is 0 Å². The summed E-state index contributed by atoms with van der Waals surface area (Å²) >= 11 is 1.25. The average Bonchev–Trinajstić information content (AvgIpc) is 3.27. The smallest absolute Gasteiger partial charge is 0.350 e. The predicted octanol–water partition coefficient (Wildman–Crippen LogP) is 3.32. The zero-order chi connectivity index (χ0) is 19.6. The molecule has 0 radical (unpaired) electrons. The van der Waals surface area contributed by atoms with E-state index in [9.17, 15) is 13.2 Å². The van der Waals surface area contributed by atoms with Crippen LogP contribution in [0, 0.1) is 6.92 Å². The van der Waals surface area contributed by atoms with Gasteiger partial charge in [-0.05, 0) is 19.1 Å². The molecule has 142 valence electrons. The van der Waals surface area contributed by atoms with Gasteiger partial charge in [0.2, 0.25) is 5.09 Å². The second-order valence-corrected chi connectivity index (χ2v) is 8.97. The van der Waals surface area contributed by atoms with Crippen LogP contribution in [0.2, 0.25) is 0 Å². The van der Waals surface area contributed by atoms with Crippen molar-refractivity contribution in [2.24, 2.45) is 0 Å². The maximum absolute atomic E-state index is 12.4. The zero-order valence-electron chi connectivity index (χ0n) is 15.0. The highest BCUT2D eigenvalue weighted by Crippen LogP contribution is 2.28. The van der Waals surface area contributed by atoms with Crippen LogP contribution in [0.25, 0.3) is 10.6 Å². The third-order valence-corrected chi connectivity index (χ3v) is 6.60. The Morgan fingerprint density at radius 3 is 2.56 bits per heavy atom. The third-order valence-electron chi connectivity index (χ3n) is 3.72. The summed E-state index contributed by atoms with van der Waals surface area (Å²) in [4.78, 5) is 17.2. The fourth-order valence-corrected chi connectivity index (χ4v) is 4.02. The van der Waals surface area contributed by atoms with Gasteiger partial charge in [-0.2, -0.15) is 0 Å². The van der Waals surface area contributed by atoms with Crippen LogP contribution in [0.5, 0.6) is 0 Å². The fraction of sp³-hybridized carbons (Fsp3) is 0.222. The van der Waals surface area contributed by atoms with Crippen molar-refractivity contribution in [2.45, 2.75) is 18.6 Å². The summed E-state index contributed by atoms with van der Waals surface area (Å²) in [5.41, 5.74) is 1.51. The standard InChI is InChI=1S/C18H18N2O5S2/c1-12-16(26-17(19-12)13-7-5-4-6-8-13)18(21)24-11-14-9-10-15(25-14)27(22,23)20(2)3/h4-10H,11H2,1-3H3. The molecule has 0 bridgehead atoms. The molecule has 0 aliphatic rings. The fourth-order valence-electron chi connectivity index (χ4n) is 2.25. The van der Waals surface area contributed by atoms with Crippen LogP contribution >= 0.6 is 11.3 Å². The number of hydrogen-bond donors (Lipinski definition) is 0. The zero-order valence-corrected chi connectivity index (χ0v) is 16.6. The molecule has 0 unspecified atom stereocenters. The maximum Gasteiger partial charge on any atom is 0.350 e. The van der Waals surface area contributed by atoms with Gasteiger partial charge in [-0.15, -0.1) is 11.3 Å². The molecule has 1 aromatic carbocycles. The van der Waals surface area contributed by atoms with Crippen molar-refractivity contribution >= 4 is 27.3 Å². The van der Waals surface area contributed by atoms with E-state index in [1.54, 1.807) is 6.92 Å². The molecular weight excluding hydrogens is 388 g/mol. The van der Waals surface area contributed by atoms with Crippen molar-refractivity contribution in [3.63, 3.8) is 0 Å². The van der Waals surface area contributed by atoms with Crippen LogP contribution in [-0.4, -0.2) is 37.8 Å². The Labute approximate surface area is 161 Å². The molecule has 0 amide bonds. The van der Waals surface area contributed by atoms with E-state index in [1.807, 2.05) is 30.3 Å². The molecule has 2 heterocycles. The largest absolute Gasteiger partial charge is 0.453 e. The Morgan fingerprint density at radius 2 is 1.89 bits per heavy atom. The Hall–Kier alpha value is -2.49. The highest BCUT2D eigenvalue weighted by molar-refractivity contribution is 7.88. The lowest BCUT2D eigenvalue weighted by Crippen LogP contribution is -2.21. The molecule has 3 aromatic rings. The van der Waals surface area contributed by atoms with Gasteiger partial charge in [0, 0.05) is 19.7 Å². The maximum atomic E-state index is 12.4. The number of furan rings is 1. The Balaban J connectivity index is 1.70. The van der Waals surface area contributed by atoms with Crippen LogP contribution in [-0.2, 0) is 21.4 Å². The van der Waals surface area contributed by atoms with E-state index in [0.29, 0.717) is 10.6 Å². The third kappa shape index (κ3) is 4.10. The number of rotatable bonds is 6. The number of nitrogens with zero attached hydrogens (tertiary/aromatic N) is 2. The molecule has 0 N–H and O–H groups in total. The molecule has 3 rings (SSSR count). The van der Waals surface area contributed by atoms with E-state index in [1.165, 1.54) is 37.6 Å². The quantitative estimate of drug-likeness (QED) is 0.584. The van der Waals surface area contributed by atoms with Gasteiger partial charge in [0.05, 0.1) is 5.69 Å². The topological polar surface area (TPSA) is 89.7 Å². The lowest BCUT2D eigenvalue weighted by Gasteiger charge is -2.07. The first-order valence-electron chi connectivity index (χ1n) is 8.00. The van der Waals surface area contributed by atoms with Gasteiger partial charge in [0.25, 0.3) is 10.0 Å². The van der Waals surface area contributed by atoms with Gasteiger partial charge in [-0.1, -0.05) is 30.3 Å². The first-order valence-corrected chi connectivity index (χ1v) is 10.3. The number of esters is 1. The molecule has 0 aliphatic heterocycles. The molecule has 7 nitrogen and oxygen atoms in total. The van der Waals surface area contributed by atoms with E-state index in [0.717, 1.165) is 14.9 Å². The van der Waals surface area contributed by atoms with Gasteiger partial charge in [0.15, 0.2) is 0 Å². The van der Waals surface area contributed by atoms with Crippen molar-refractivity contribution in [2.75, 3.05) is 14.1 Å². The highest BCUT2D eigenvalue weighted by atomic mass is 32.2. The summed E-state index contributed by atoms with van der Waals surface area (Å²) < 4.78 is 35.6. The average molecular weight is 406 g/mol. The number of aryl methyl sites for hydroxylation is 1. The van der Waals surface area contributed by atoms with Crippen LogP contribution < -0.4 is 0 Å². The van der Waals surface area contributed by atoms with Gasteiger partial charge >= 0.3 is 5.97 Å². The number of ether oxygens (including phenoxy) is 1. The molecule has 0 atom stereocenters. The monoisotopic (exact) mass is 406 g/mol. The molecule has 0 saturated heterocycles. The summed E-state index contributed by atoms with van der Waals surface area (Å²) in [6.07, 6.45) is 0. The number of benzene rings is 1. The van der Waals surface area contributed by atoms with Crippen LogP contribution in [0.1, 0.15) is 21.1 Å². The summed E-state index contributed by atoms with van der Waals surface area (Å²) in [5, 5.41) is 0.538. The molecule has 0 spiro atoms. The highest BCUT2D eigenvalue weighted by Gasteiger charge is 2.22. The second-order valence-electron chi connectivity index (χ2n) is 5.88. The number of thiazole rings is 1. The SMILES string of the molecule is Cc1nc(-c2ccccc2)sc1C(=O)OCc1ccc(S(=O)(=O)N(C)C)o1. The van der Waals surface area contributed by atoms with E-state index >= 15 is 0 Å². The Kier molecular flexibility index (Phi) is 5.45. The number of carbonyl (C=O) groups is 1. The van der Waals surface area contributed by atoms with Gasteiger partial charge in [-0.25, -0.2) is 22.5 Å². The molecule has 27 heavy (non-hydrogen) atoms. The number of carbonyl (C=O) groups excluding carboxylic acids is 1. The van der Waals surface area contributed by atoms with Crippen LogP contribution in [0.4, 0.5) is 0 Å². The molecule has 0 saturated carbocycles. The number of sulfonamides is 1. The van der Waals surface area contributed by atoms with Crippen LogP contribution in [0.15, 0.2) is 52.0 Å². The normalized spacial score (nSPS) is 11.7. The number of hydrogen-bond acceptors (Lipinski definition) is 7. The van der Waals surface area contributed by atoms with Crippen molar-refractivity contribution in [1.29, 1.82) is 0 Å². The Morgan fingerprint density at radius 1 is 1.19 bits per heavy atom. The van der Waals surface area contributed by atoms with Crippen molar-refractivity contribution in [1.82, 2.24) is 9.29 Å². The Bertz CT molecular complexity index is 1050. The summed E-state index contributed by atoms with van der Waals surface area (Å²) in [5.74, 6) is -0.283. The summed E-state index contributed by atoms with van der Waals surface area (Å²) in [6.45, 7) is 1.58. The lowest BCUT2D eigenvalue weighted by molar-refractivity contribution is 0.0445. The van der Waals surface area contributed by atoms with E-state index in [4.69, 9.17) is 9.15 Å². The minimum atomic E-state index is -3.66. The van der Waals surface area contributed by atoms with E-state index in [-0.39, 0.29) is 17.5 Å². The van der Waals surface area contributed by atoms with Crippen molar-refractivity contribution in [3.05, 3.63) is 58.8 Å². The second kappa shape index (κ2) is 7.63. The lowest BCUT2D eigenvalue weighted by atomic mass is 10.2. The minimum Gasteiger partial charge on any atom is -0.453 e. The minimum absolute atomic E-state index is 0.167. The first kappa shape index (κ1) is 19.3. The first-order chi connectivity index (χ1) is 12.8. The summed E-state index contributed by atoms with van der Waals surface area (Å²) in [6, 6.07) is 12.4. The van der Waals surface area contributed by atoms with Crippen molar-refractivity contribution < 1.29 is 22.4 Å². The van der Waals surface area contributed by atoms with E-state index in [2.05, 4.69) is 4.98 Å². The van der Waals surface area contributed by atoms with Crippen molar-refractivity contribution in [3.8, 4) is 10.6 Å². The van der Waals surface area contributed by atoms with Gasteiger partial charge in [0.1, 0.15) is 22.3 Å². The number of aromatic nitrogens is 1. The molecule has 2 aromatic heterocycles. The van der Waals surface area contributed by atoms with Crippen LogP contribution in [0.3, 0.4) is 0 Å².